The van der Waals surface area contributed by atoms with Crippen LogP contribution in [-0.2, 0) is 9.59 Å². The van der Waals surface area contributed by atoms with Crippen molar-refractivity contribution >= 4 is 11.8 Å². The second-order valence-electron chi connectivity index (χ2n) is 6.20. The molecule has 0 rings (SSSR count). The highest BCUT2D eigenvalue weighted by molar-refractivity contribution is 5.97. The fourth-order valence-electron chi connectivity index (χ4n) is 2.53. The lowest BCUT2D eigenvalue weighted by Gasteiger charge is -2.31. The summed E-state index contributed by atoms with van der Waals surface area (Å²) in [4.78, 5) is 27.8. The van der Waals surface area contributed by atoms with Crippen molar-refractivity contribution in [3.63, 3.8) is 0 Å². The van der Waals surface area contributed by atoms with Gasteiger partial charge in [-0.15, -0.1) is 0 Å². The molecule has 0 aliphatic heterocycles. The van der Waals surface area contributed by atoms with Crippen LogP contribution in [0.4, 0.5) is 0 Å². The van der Waals surface area contributed by atoms with E-state index in [0.717, 1.165) is 0 Å². The van der Waals surface area contributed by atoms with Crippen molar-refractivity contribution in [2.24, 2.45) is 0 Å². The van der Waals surface area contributed by atoms with Crippen LogP contribution in [0.2, 0.25) is 0 Å². The van der Waals surface area contributed by atoms with Gasteiger partial charge in [-0.2, -0.15) is 0 Å². The van der Waals surface area contributed by atoms with Crippen molar-refractivity contribution in [1.29, 1.82) is 0 Å². The van der Waals surface area contributed by atoms with E-state index >= 15 is 0 Å². The monoisotopic (exact) mass is 282 g/mol. The molecule has 2 amide bonds. The minimum Gasteiger partial charge on any atom is -0.334 e. The van der Waals surface area contributed by atoms with Crippen molar-refractivity contribution in [1.82, 2.24) is 9.80 Å². The molecule has 0 heterocycles. The Labute approximate surface area is 123 Å². The Hall–Kier alpha value is -1.32. The molecule has 0 radical (unpaired) electrons. The number of nitrogens with zero attached hydrogens (tertiary/aromatic N) is 2. The molecular weight excluding hydrogens is 252 g/mol. The molecule has 0 saturated carbocycles. The molecule has 0 aliphatic carbocycles. The summed E-state index contributed by atoms with van der Waals surface area (Å²) in [7, 11) is 0. The van der Waals surface area contributed by atoms with Gasteiger partial charge in [-0.3, -0.25) is 9.59 Å². The van der Waals surface area contributed by atoms with E-state index in [1.165, 1.54) is 12.2 Å². The van der Waals surface area contributed by atoms with Crippen molar-refractivity contribution in [3.05, 3.63) is 12.2 Å². The Kier molecular flexibility index (Phi) is 7.54. The van der Waals surface area contributed by atoms with Gasteiger partial charge < -0.3 is 9.80 Å². The largest absolute Gasteiger partial charge is 0.334 e. The van der Waals surface area contributed by atoms with Gasteiger partial charge in [0.1, 0.15) is 0 Å². The van der Waals surface area contributed by atoms with E-state index in [4.69, 9.17) is 0 Å². The first kappa shape index (κ1) is 18.7. The fourth-order valence-corrected chi connectivity index (χ4v) is 2.53. The number of amides is 2. The molecule has 0 fully saturated rings. The van der Waals surface area contributed by atoms with E-state index in [1.807, 2.05) is 55.4 Å². The fraction of sp³-hybridized carbons (Fsp3) is 0.750. The van der Waals surface area contributed by atoms with Gasteiger partial charge >= 0.3 is 0 Å². The standard InChI is InChI=1S/C16H30N2O2/c1-11(2)17(12(3)4)15(19)9-10-16(20)18(13(5)6)14(7)8/h9-14H,1-8H3/b10-9+. The molecule has 0 aromatic rings. The van der Waals surface area contributed by atoms with Gasteiger partial charge in [0.2, 0.25) is 11.8 Å². The summed E-state index contributed by atoms with van der Waals surface area (Å²) in [6, 6.07) is 0.476. The average molecular weight is 282 g/mol. The molecule has 0 atom stereocenters. The quantitative estimate of drug-likeness (QED) is 0.703. The summed E-state index contributed by atoms with van der Waals surface area (Å²) in [6.45, 7) is 15.8. The Morgan fingerprint density at radius 1 is 0.600 bits per heavy atom. The summed E-state index contributed by atoms with van der Waals surface area (Å²) in [5, 5.41) is 0. The Morgan fingerprint density at radius 2 is 0.800 bits per heavy atom. The van der Waals surface area contributed by atoms with Crippen LogP contribution in [0.5, 0.6) is 0 Å². The van der Waals surface area contributed by atoms with Crippen molar-refractivity contribution in [2.45, 2.75) is 79.6 Å². The Bertz CT molecular complexity index is 307. The zero-order valence-electron chi connectivity index (χ0n) is 14.2. The van der Waals surface area contributed by atoms with Crippen LogP contribution >= 0.6 is 0 Å². The lowest BCUT2D eigenvalue weighted by Crippen LogP contribution is -2.42. The first-order valence-electron chi connectivity index (χ1n) is 7.42. The molecule has 0 saturated heterocycles. The minimum atomic E-state index is -0.115. The van der Waals surface area contributed by atoms with Gasteiger partial charge in [-0.1, -0.05) is 0 Å². The summed E-state index contributed by atoms with van der Waals surface area (Å²) >= 11 is 0. The maximum absolute atomic E-state index is 12.2. The zero-order chi connectivity index (χ0) is 16.0. The topological polar surface area (TPSA) is 40.6 Å². The van der Waals surface area contributed by atoms with Crippen LogP contribution in [0.3, 0.4) is 0 Å². The maximum Gasteiger partial charge on any atom is 0.247 e. The third kappa shape index (κ3) is 5.35. The van der Waals surface area contributed by atoms with Gasteiger partial charge in [-0.05, 0) is 55.4 Å². The molecule has 116 valence electrons. The molecule has 4 heteroatoms. The van der Waals surface area contributed by atoms with Gasteiger partial charge in [-0.25, -0.2) is 0 Å². The molecule has 4 nitrogen and oxygen atoms in total. The number of carbonyl (C=O) groups is 2. The van der Waals surface area contributed by atoms with E-state index in [9.17, 15) is 9.59 Å². The Balaban J connectivity index is 4.93. The number of rotatable bonds is 6. The minimum absolute atomic E-state index is 0.115. The molecule has 0 spiro atoms. The predicted octanol–water partition coefficient (Wildman–Crippen LogP) is 2.83. The predicted molar refractivity (Wildman–Crippen MR) is 83.4 cm³/mol. The van der Waals surface area contributed by atoms with Crippen LogP contribution in [0.15, 0.2) is 12.2 Å². The van der Waals surface area contributed by atoms with Crippen LogP contribution < -0.4 is 0 Å². The molecule has 0 bridgehead atoms. The summed E-state index contributed by atoms with van der Waals surface area (Å²) < 4.78 is 0. The van der Waals surface area contributed by atoms with Crippen LogP contribution in [0, 0.1) is 0 Å². The van der Waals surface area contributed by atoms with Crippen molar-refractivity contribution in [2.75, 3.05) is 0 Å². The maximum atomic E-state index is 12.2. The van der Waals surface area contributed by atoms with Crippen molar-refractivity contribution in [3.8, 4) is 0 Å². The second kappa shape index (κ2) is 8.08. The molecule has 0 aromatic heterocycles. The number of hydrogen-bond donors (Lipinski definition) is 0. The molecular formula is C16H30N2O2. The van der Waals surface area contributed by atoms with Crippen molar-refractivity contribution < 1.29 is 9.59 Å². The van der Waals surface area contributed by atoms with Gasteiger partial charge in [0.15, 0.2) is 0 Å². The van der Waals surface area contributed by atoms with Gasteiger partial charge in [0.05, 0.1) is 0 Å². The van der Waals surface area contributed by atoms with E-state index < -0.39 is 0 Å². The van der Waals surface area contributed by atoms with E-state index in [1.54, 1.807) is 9.80 Å². The molecule has 20 heavy (non-hydrogen) atoms. The van der Waals surface area contributed by atoms with E-state index in [2.05, 4.69) is 0 Å². The summed E-state index contributed by atoms with van der Waals surface area (Å²) in [6.07, 6.45) is 2.78. The van der Waals surface area contributed by atoms with E-state index in [-0.39, 0.29) is 36.0 Å². The first-order valence-corrected chi connectivity index (χ1v) is 7.42. The zero-order valence-corrected chi connectivity index (χ0v) is 14.2. The third-order valence-corrected chi connectivity index (χ3v) is 3.10. The molecule has 0 unspecified atom stereocenters. The molecule has 0 N–H and O–H groups in total. The highest BCUT2D eigenvalue weighted by Gasteiger charge is 2.20. The van der Waals surface area contributed by atoms with E-state index in [0.29, 0.717) is 0 Å². The summed E-state index contributed by atoms with van der Waals surface area (Å²) in [5.74, 6) is -0.230. The molecule has 0 aliphatic rings. The van der Waals surface area contributed by atoms with Gasteiger partial charge in [0, 0.05) is 36.3 Å². The SMILES string of the molecule is CC(C)N(C(=O)/C=C/C(=O)N(C(C)C)C(C)C)C(C)C. The number of carbonyl (C=O) groups excluding carboxylic acids is 2. The molecule has 0 aromatic carbocycles. The normalized spacial score (nSPS) is 12.0. The van der Waals surface area contributed by atoms with Crippen LogP contribution in [0.1, 0.15) is 55.4 Å². The second-order valence-corrected chi connectivity index (χ2v) is 6.20. The number of hydrogen-bond acceptors (Lipinski definition) is 2. The van der Waals surface area contributed by atoms with Crippen LogP contribution in [-0.4, -0.2) is 45.8 Å². The summed E-state index contributed by atoms with van der Waals surface area (Å²) in [5.41, 5.74) is 0. The lowest BCUT2D eigenvalue weighted by atomic mass is 10.2. The smallest absolute Gasteiger partial charge is 0.247 e. The average Bonchev–Trinajstić information content (AvgIpc) is 2.23. The van der Waals surface area contributed by atoms with Crippen LogP contribution in [0.25, 0.3) is 0 Å². The first-order chi connectivity index (χ1) is 9.09. The lowest BCUT2D eigenvalue weighted by molar-refractivity contribution is -0.132. The third-order valence-electron chi connectivity index (χ3n) is 3.10. The highest BCUT2D eigenvalue weighted by Crippen LogP contribution is 2.08. The highest BCUT2D eigenvalue weighted by atomic mass is 16.2. The Morgan fingerprint density at radius 3 is 0.950 bits per heavy atom. The van der Waals surface area contributed by atoms with Gasteiger partial charge in [0.25, 0.3) is 0 Å².